The number of hydrogen-bond donors (Lipinski definition) is 2. The lowest BCUT2D eigenvalue weighted by molar-refractivity contribution is 0.172. The number of aliphatic hydroxyl groups excluding tert-OH is 1. The Labute approximate surface area is 165 Å². The minimum absolute atomic E-state index is 0.248. The molecule has 0 radical (unpaired) electrons. The number of nitrogens with zero attached hydrogens (tertiary/aromatic N) is 5. The molecule has 7 nitrogen and oxygen atoms in total. The quantitative estimate of drug-likeness (QED) is 0.550. The van der Waals surface area contributed by atoms with Crippen LogP contribution in [0.25, 0.3) is 11.0 Å². The molecule has 3 heterocycles. The number of nitriles is 1. The zero-order chi connectivity index (χ0) is 20.3. The second-order valence-corrected chi connectivity index (χ2v) is 7.14. The number of aliphatic hydroxyl groups is 1. The summed E-state index contributed by atoms with van der Waals surface area (Å²) in [4.78, 5) is 9.07. The number of aromatic nitrogens is 4. The van der Waals surface area contributed by atoms with Crippen LogP contribution in [-0.4, -0.2) is 24.9 Å². The Balaban J connectivity index is 1.73. The second-order valence-electron chi connectivity index (χ2n) is 7.14. The molecule has 144 valence electrons. The van der Waals surface area contributed by atoms with Gasteiger partial charge in [0.05, 0.1) is 35.0 Å². The van der Waals surface area contributed by atoms with Crippen molar-refractivity contribution in [3.63, 3.8) is 0 Å². The monoisotopic (exact) mass is 388 g/mol. The van der Waals surface area contributed by atoms with Crippen LogP contribution in [0.1, 0.15) is 40.3 Å². The lowest BCUT2D eigenvalue weighted by Gasteiger charge is -2.31. The minimum Gasteiger partial charge on any atom is -0.368 e. The number of benzene rings is 2. The van der Waals surface area contributed by atoms with Crippen LogP contribution in [0.4, 0.5) is 10.1 Å². The largest absolute Gasteiger partial charge is 0.368 e. The predicted octanol–water partition coefficient (Wildman–Crippen LogP) is 3.22. The minimum atomic E-state index is -1.04. The predicted molar refractivity (Wildman–Crippen MR) is 104 cm³/mol. The molecule has 0 aliphatic carbocycles. The fourth-order valence-corrected chi connectivity index (χ4v) is 4.09. The van der Waals surface area contributed by atoms with Gasteiger partial charge in [-0.1, -0.05) is 6.07 Å². The molecule has 2 N–H and O–H groups in total. The highest BCUT2D eigenvalue weighted by atomic mass is 19.1. The molecule has 0 bridgehead atoms. The number of anilines is 1. The Bertz CT molecular complexity index is 1300. The van der Waals surface area contributed by atoms with Crippen molar-refractivity contribution in [3.8, 4) is 6.07 Å². The van der Waals surface area contributed by atoms with Crippen LogP contribution >= 0.6 is 0 Å². The molecule has 0 saturated carbocycles. The second kappa shape index (κ2) is 6.15. The molecular formula is C21H17FN6O. The average Bonchev–Trinajstić information content (AvgIpc) is 3.37. The molecule has 2 atom stereocenters. The maximum Gasteiger partial charge on any atom is 0.173 e. The summed E-state index contributed by atoms with van der Waals surface area (Å²) in [5.74, 6) is -0.497. The summed E-state index contributed by atoms with van der Waals surface area (Å²) in [7, 11) is 1.80. The molecule has 0 saturated heterocycles. The van der Waals surface area contributed by atoms with E-state index in [0.29, 0.717) is 16.9 Å². The highest BCUT2D eigenvalue weighted by Crippen LogP contribution is 2.48. The van der Waals surface area contributed by atoms with Crippen LogP contribution in [0.3, 0.4) is 0 Å². The van der Waals surface area contributed by atoms with Crippen LogP contribution in [0, 0.1) is 24.1 Å². The first-order valence-electron chi connectivity index (χ1n) is 9.12. The fourth-order valence-electron chi connectivity index (χ4n) is 4.09. The van der Waals surface area contributed by atoms with Crippen molar-refractivity contribution in [2.75, 3.05) is 4.90 Å². The van der Waals surface area contributed by atoms with Crippen molar-refractivity contribution in [2.24, 2.45) is 7.05 Å². The third-order valence-electron chi connectivity index (χ3n) is 5.60. The van der Waals surface area contributed by atoms with Crippen LogP contribution in [-0.2, 0) is 7.05 Å². The van der Waals surface area contributed by atoms with Crippen LogP contribution in [0.2, 0.25) is 0 Å². The highest BCUT2D eigenvalue weighted by Gasteiger charge is 2.43. The van der Waals surface area contributed by atoms with E-state index in [1.165, 1.54) is 6.07 Å². The maximum absolute atomic E-state index is 15.0. The standard InChI is InChI=1S/C21H17FN6O/c1-11-18-19(26-27(11)2)21(29)28(13-4-6-16-17(8-13)25-10-24-16)20(18)14-5-3-12(9-23)7-15(14)22/h3-8,10,20-21,29H,1-2H3,(H,24,25). The van der Waals surface area contributed by atoms with Gasteiger partial charge in [-0.15, -0.1) is 0 Å². The van der Waals surface area contributed by atoms with E-state index in [2.05, 4.69) is 15.1 Å². The van der Waals surface area contributed by atoms with Crippen molar-refractivity contribution >= 4 is 16.7 Å². The van der Waals surface area contributed by atoms with Gasteiger partial charge >= 0.3 is 0 Å². The molecule has 4 aromatic rings. The van der Waals surface area contributed by atoms with Crippen LogP contribution < -0.4 is 4.90 Å². The third-order valence-corrected chi connectivity index (χ3v) is 5.60. The van der Waals surface area contributed by atoms with E-state index in [1.54, 1.807) is 35.1 Å². The Morgan fingerprint density at radius 2 is 2.07 bits per heavy atom. The number of fused-ring (bicyclic) bond motifs is 2. The molecule has 2 unspecified atom stereocenters. The van der Waals surface area contributed by atoms with E-state index < -0.39 is 18.1 Å². The Morgan fingerprint density at radius 1 is 1.24 bits per heavy atom. The van der Waals surface area contributed by atoms with Crippen molar-refractivity contribution in [2.45, 2.75) is 19.2 Å². The zero-order valence-electron chi connectivity index (χ0n) is 15.8. The van der Waals surface area contributed by atoms with Crippen LogP contribution in [0.5, 0.6) is 0 Å². The summed E-state index contributed by atoms with van der Waals surface area (Å²) in [6.07, 6.45) is 0.564. The number of hydrogen-bond acceptors (Lipinski definition) is 5. The van der Waals surface area contributed by atoms with Gasteiger partial charge in [0, 0.05) is 29.6 Å². The van der Waals surface area contributed by atoms with Gasteiger partial charge in [0.25, 0.3) is 0 Å². The summed E-state index contributed by atoms with van der Waals surface area (Å²) in [5, 5.41) is 24.7. The van der Waals surface area contributed by atoms with Gasteiger partial charge in [0.15, 0.2) is 6.23 Å². The number of aromatic amines is 1. The lowest BCUT2D eigenvalue weighted by Crippen LogP contribution is -2.28. The number of rotatable bonds is 2. The fraction of sp³-hybridized carbons (Fsp3) is 0.190. The summed E-state index contributed by atoms with van der Waals surface area (Å²) in [6.45, 7) is 1.90. The molecule has 2 aromatic heterocycles. The van der Waals surface area contributed by atoms with Gasteiger partial charge < -0.3 is 15.0 Å². The summed E-state index contributed by atoms with van der Waals surface area (Å²) in [6, 6.07) is 11.4. The molecule has 0 spiro atoms. The Morgan fingerprint density at radius 3 is 2.83 bits per heavy atom. The van der Waals surface area contributed by atoms with Gasteiger partial charge in [0.1, 0.15) is 11.5 Å². The highest BCUT2D eigenvalue weighted by molar-refractivity contribution is 5.80. The van der Waals surface area contributed by atoms with Crippen LogP contribution in [0.15, 0.2) is 42.7 Å². The Hall–Kier alpha value is -3.70. The SMILES string of the molecule is Cc1c2c(nn1C)C(O)N(c1ccc3[nH]cnc3c1)C2c1ccc(C#N)cc1F. The summed E-state index contributed by atoms with van der Waals surface area (Å²) >= 11 is 0. The van der Waals surface area contributed by atoms with E-state index in [-0.39, 0.29) is 5.56 Å². The summed E-state index contributed by atoms with van der Waals surface area (Å²) < 4.78 is 16.7. The van der Waals surface area contributed by atoms with Crippen molar-refractivity contribution in [1.29, 1.82) is 5.26 Å². The first kappa shape index (κ1) is 17.4. The molecule has 2 aromatic carbocycles. The first-order chi connectivity index (χ1) is 14.0. The third kappa shape index (κ3) is 2.45. The van der Waals surface area contributed by atoms with Crippen molar-refractivity contribution in [3.05, 3.63) is 76.6 Å². The topological polar surface area (TPSA) is 93.8 Å². The van der Waals surface area contributed by atoms with E-state index in [4.69, 9.17) is 5.26 Å². The molecular weight excluding hydrogens is 371 g/mol. The normalized spacial score (nSPS) is 18.2. The van der Waals surface area contributed by atoms with E-state index in [0.717, 1.165) is 22.3 Å². The van der Waals surface area contributed by atoms with E-state index in [9.17, 15) is 5.11 Å². The maximum atomic E-state index is 15.0. The molecule has 1 aliphatic rings. The molecule has 29 heavy (non-hydrogen) atoms. The smallest absolute Gasteiger partial charge is 0.173 e. The number of halogens is 1. The zero-order valence-corrected chi connectivity index (χ0v) is 15.8. The molecule has 0 fully saturated rings. The van der Waals surface area contributed by atoms with Gasteiger partial charge in [-0.25, -0.2) is 9.37 Å². The number of imidazole rings is 1. The van der Waals surface area contributed by atoms with Crippen molar-refractivity contribution < 1.29 is 9.50 Å². The van der Waals surface area contributed by atoms with E-state index >= 15 is 4.39 Å². The van der Waals surface area contributed by atoms with E-state index in [1.807, 2.05) is 31.2 Å². The van der Waals surface area contributed by atoms with Gasteiger partial charge in [-0.05, 0) is 37.3 Å². The lowest BCUT2D eigenvalue weighted by atomic mass is 9.97. The number of H-pyrrole nitrogens is 1. The summed E-state index contributed by atoms with van der Waals surface area (Å²) in [5.41, 5.74) is 5.05. The number of aryl methyl sites for hydroxylation is 1. The Kier molecular flexibility index (Phi) is 3.69. The van der Waals surface area contributed by atoms with Gasteiger partial charge in [-0.2, -0.15) is 10.4 Å². The van der Waals surface area contributed by atoms with Gasteiger partial charge in [0.2, 0.25) is 0 Å². The average molecular weight is 388 g/mol. The molecule has 0 amide bonds. The van der Waals surface area contributed by atoms with Crippen molar-refractivity contribution in [1.82, 2.24) is 19.7 Å². The molecule has 8 heteroatoms. The number of nitrogens with one attached hydrogen (secondary N) is 1. The van der Waals surface area contributed by atoms with Gasteiger partial charge in [-0.3, -0.25) is 4.68 Å². The molecule has 1 aliphatic heterocycles. The first-order valence-corrected chi connectivity index (χ1v) is 9.12. The molecule has 5 rings (SSSR count).